The van der Waals surface area contributed by atoms with Gasteiger partial charge < -0.3 is 0 Å². The van der Waals surface area contributed by atoms with Crippen LogP contribution in [0.25, 0.3) is 0 Å². The third-order valence-electron chi connectivity index (χ3n) is 2.93. The smallest absolute Gasteiger partial charge is 0.292 e. The average molecular weight is 254 g/mol. The molecule has 0 aliphatic heterocycles. The van der Waals surface area contributed by atoms with E-state index in [1.54, 1.807) is 6.92 Å². The minimum atomic E-state index is -0.448. The number of H-pyrrole nitrogens is 1. The lowest BCUT2D eigenvalue weighted by Gasteiger charge is -2.15. The summed E-state index contributed by atoms with van der Waals surface area (Å²) in [5.41, 5.74) is 0.413. The molecule has 2 aromatic rings. The second-order valence-electron chi connectivity index (χ2n) is 4.17. The molecular formula is C15H14N2O2. The molecular weight excluding hydrogens is 240 g/mol. The van der Waals surface area contributed by atoms with E-state index in [0.29, 0.717) is 5.56 Å². The van der Waals surface area contributed by atoms with Crippen molar-refractivity contribution >= 4 is 0 Å². The van der Waals surface area contributed by atoms with Gasteiger partial charge in [-0.25, -0.2) is 4.79 Å². The Morgan fingerprint density at radius 3 is 2.53 bits per heavy atom. The second kappa shape index (κ2) is 5.40. The van der Waals surface area contributed by atoms with Gasteiger partial charge in [-0.3, -0.25) is 14.3 Å². The van der Waals surface area contributed by atoms with E-state index in [1.165, 1.54) is 10.8 Å². The van der Waals surface area contributed by atoms with Crippen LogP contribution in [0.1, 0.15) is 31.0 Å². The molecule has 4 nitrogen and oxygen atoms in total. The fourth-order valence-electron chi connectivity index (χ4n) is 1.89. The van der Waals surface area contributed by atoms with Crippen LogP contribution in [0, 0.1) is 11.8 Å². The van der Waals surface area contributed by atoms with Gasteiger partial charge in [-0.05, 0) is 19.4 Å². The van der Waals surface area contributed by atoms with Crippen molar-refractivity contribution in [3.63, 3.8) is 0 Å². The van der Waals surface area contributed by atoms with E-state index in [2.05, 4.69) is 16.8 Å². The minimum Gasteiger partial charge on any atom is -0.292 e. The normalized spacial score (nSPS) is 11.5. The maximum atomic E-state index is 11.9. The molecule has 0 aliphatic rings. The molecule has 0 amide bonds. The van der Waals surface area contributed by atoms with Crippen molar-refractivity contribution in [1.82, 2.24) is 9.55 Å². The summed E-state index contributed by atoms with van der Waals surface area (Å²) in [6.45, 7) is 3.55. The van der Waals surface area contributed by atoms with Crippen molar-refractivity contribution < 1.29 is 0 Å². The van der Waals surface area contributed by atoms with Gasteiger partial charge in [0.2, 0.25) is 0 Å². The Morgan fingerprint density at radius 1 is 1.21 bits per heavy atom. The summed E-state index contributed by atoms with van der Waals surface area (Å²) in [6.07, 6.45) is 1.51. The Morgan fingerprint density at radius 2 is 1.89 bits per heavy atom. The van der Waals surface area contributed by atoms with E-state index in [-0.39, 0.29) is 6.04 Å². The number of nitrogens with one attached hydrogen (secondary N) is 1. The van der Waals surface area contributed by atoms with Gasteiger partial charge in [0.1, 0.15) is 5.56 Å². The van der Waals surface area contributed by atoms with Crippen LogP contribution < -0.4 is 11.2 Å². The summed E-state index contributed by atoms with van der Waals surface area (Å²) in [6, 6.07) is 9.45. The molecule has 0 saturated heterocycles. The number of benzene rings is 1. The predicted octanol–water partition coefficient (Wildman–Crippen LogP) is 1.52. The van der Waals surface area contributed by atoms with Crippen LogP contribution in [0.5, 0.6) is 0 Å². The van der Waals surface area contributed by atoms with E-state index < -0.39 is 11.2 Å². The average Bonchev–Trinajstić information content (AvgIpc) is 2.42. The first-order valence-electron chi connectivity index (χ1n) is 5.96. The van der Waals surface area contributed by atoms with Crippen LogP contribution >= 0.6 is 0 Å². The Hall–Kier alpha value is -2.54. The van der Waals surface area contributed by atoms with Crippen molar-refractivity contribution in [3.8, 4) is 11.8 Å². The Bertz CT molecular complexity index is 745. The second-order valence-corrected chi connectivity index (χ2v) is 4.17. The maximum Gasteiger partial charge on any atom is 0.328 e. The van der Waals surface area contributed by atoms with Crippen molar-refractivity contribution in [1.29, 1.82) is 0 Å². The lowest BCUT2D eigenvalue weighted by molar-refractivity contribution is 0.593. The van der Waals surface area contributed by atoms with E-state index in [1.807, 2.05) is 37.3 Å². The molecule has 0 bridgehead atoms. The van der Waals surface area contributed by atoms with E-state index in [9.17, 15) is 9.59 Å². The van der Waals surface area contributed by atoms with Gasteiger partial charge in [-0.2, -0.15) is 0 Å². The van der Waals surface area contributed by atoms with Crippen molar-refractivity contribution in [2.75, 3.05) is 0 Å². The molecule has 1 unspecified atom stereocenters. The molecule has 0 fully saturated rings. The van der Waals surface area contributed by atoms with Gasteiger partial charge in [0, 0.05) is 6.20 Å². The molecule has 4 heteroatoms. The van der Waals surface area contributed by atoms with Gasteiger partial charge in [-0.15, -0.1) is 5.92 Å². The first-order valence-corrected chi connectivity index (χ1v) is 5.96. The number of aromatic nitrogens is 2. The first-order chi connectivity index (χ1) is 9.13. The van der Waals surface area contributed by atoms with E-state index in [4.69, 9.17) is 0 Å². The zero-order valence-electron chi connectivity index (χ0n) is 10.8. The third-order valence-corrected chi connectivity index (χ3v) is 2.93. The summed E-state index contributed by atoms with van der Waals surface area (Å²) in [7, 11) is 0. The molecule has 1 aromatic carbocycles. The Kier molecular flexibility index (Phi) is 3.67. The van der Waals surface area contributed by atoms with Crippen LogP contribution in [0.4, 0.5) is 0 Å². The quantitative estimate of drug-likeness (QED) is 0.826. The molecule has 1 N–H and O–H groups in total. The highest BCUT2D eigenvalue weighted by molar-refractivity contribution is 5.29. The molecule has 0 spiro atoms. The SMILES string of the molecule is CC#Cc1cn(C(C)c2ccccc2)c(=O)[nH]c1=O. The highest BCUT2D eigenvalue weighted by Crippen LogP contribution is 2.14. The van der Waals surface area contributed by atoms with Crippen LogP contribution in [0.2, 0.25) is 0 Å². The molecule has 0 aliphatic carbocycles. The molecule has 1 aromatic heterocycles. The largest absolute Gasteiger partial charge is 0.328 e. The van der Waals surface area contributed by atoms with Gasteiger partial charge in [0.15, 0.2) is 0 Å². The molecule has 0 saturated carbocycles. The van der Waals surface area contributed by atoms with Crippen LogP contribution in [-0.4, -0.2) is 9.55 Å². The number of aromatic amines is 1. The summed E-state index contributed by atoms with van der Waals surface area (Å²) in [5, 5.41) is 0. The number of hydrogen-bond acceptors (Lipinski definition) is 2. The van der Waals surface area contributed by atoms with Crippen molar-refractivity contribution in [2.24, 2.45) is 0 Å². The first kappa shape index (κ1) is 12.9. The van der Waals surface area contributed by atoms with Crippen molar-refractivity contribution in [2.45, 2.75) is 19.9 Å². The minimum absolute atomic E-state index is 0.164. The lowest BCUT2D eigenvalue weighted by Crippen LogP contribution is -2.33. The third kappa shape index (κ3) is 2.66. The fraction of sp³-hybridized carbons (Fsp3) is 0.200. The van der Waals surface area contributed by atoms with Crippen LogP contribution in [0.3, 0.4) is 0 Å². The molecule has 0 radical (unpaired) electrons. The van der Waals surface area contributed by atoms with Gasteiger partial charge >= 0.3 is 5.69 Å². The summed E-state index contributed by atoms with van der Waals surface area (Å²) in [4.78, 5) is 25.7. The monoisotopic (exact) mass is 254 g/mol. The van der Waals surface area contributed by atoms with Crippen molar-refractivity contribution in [3.05, 3.63) is 68.5 Å². The van der Waals surface area contributed by atoms with E-state index >= 15 is 0 Å². The predicted molar refractivity (Wildman–Crippen MR) is 74.1 cm³/mol. The summed E-state index contributed by atoms with van der Waals surface area (Å²) >= 11 is 0. The Balaban J connectivity index is 2.56. The molecule has 19 heavy (non-hydrogen) atoms. The Labute approximate surface area is 110 Å². The standard InChI is InChI=1S/C15H14N2O2/c1-3-7-13-10-17(15(19)16-14(13)18)11(2)12-8-5-4-6-9-12/h4-6,8-11H,1-2H3,(H,16,18,19). The zero-order chi connectivity index (χ0) is 13.8. The highest BCUT2D eigenvalue weighted by Gasteiger charge is 2.11. The summed E-state index contributed by atoms with van der Waals surface area (Å²) in [5.74, 6) is 5.36. The van der Waals surface area contributed by atoms with Crippen LogP contribution in [-0.2, 0) is 0 Å². The van der Waals surface area contributed by atoms with Gasteiger partial charge in [0.25, 0.3) is 5.56 Å². The molecule has 2 rings (SSSR count). The van der Waals surface area contributed by atoms with Crippen LogP contribution in [0.15, 0.2) is 46.1 Å². The van der Waals surface area contributed by atoms with Gasteiger partial charge in [0.05, 0.1) is 6.04 Å². The summed E-state index contributed by atoms with van der Waals surface area (Å²) < 4.78 is 1.48. The zero-order valence-corrected chi connectivity index (χ0v) is 10.8. The lowest BCUT2D eigenvalue weighted by atomic mass is 10.1. The maximum absolute atomic E-state index is 11.9. The fourth-order valence-corrected chi connectivity index (χ4v) is 1.89. The highest BCUT2D eigenvalue weighted by atomic mass is 16.2. The molecule has 96 valence electrons. The molecule has 1 atom stereocenters. The topological polar surface area (TPSA) is 54.9 Å². The molecule has 1 heterocycles. The number of rotatable bonds is 2. The number of nitrogens with zero attached hydrogens (tertiary/aromatic N) is 1. The van der Waals surface area contributed by atoms with Gasteiger partial charge in [-0.1, -0.05) is 36.3 Å². The number of hydrogen-bond donors (Lipinski definition) is 1. The van der Waals surface area contributed by atoms with E-state index in [0.717, 1.165) is 5.56 Å².